The van der Waals surface area contributed by atoms with Gasteiger partial charge in [0, 0.05) is 45.8 Å². The van der Waals surface area contributed by atoms with Gasteiger partial charge in [-0.25, -0.2) is 0 Å². The lowest BCUT2D eigenvalue weighted by molar-refractivity contribution is 0.116. The minimum Gasteiger partial charge on any atom is -0.356 e. The monoisotopic (exact) mass is 307 g/mol. The second-order valence-electron chi connectivity index (χ2n) is 6.63. The second-order valence-corrected chi connectivity index (χ2v) is 6.63. The summed E-state index contributed by atoms with van der Waals surface area (Å²) in [6.07, 6.45) is 8.85. The van der Waals surface area contributed by atoms with Crippen molar-refractivity contribution in [3.05, 3.63) is 11.6 Å². The topological polar surface area (TPSA) is 42.9 Å². The first-order valence-electron chi connectivity index (χ1n) is 8.70. The van der Waals surface area contributed by atoms with Crippen molar-refractivity contribution in [1.82, 2.24) is 20.4 Å². The summed E-state index contributed by atoms with van der Waals surface area (Å²) >= 11 is 0. The molecule has 22 heavy (non-hydrogen) atoms. The molecule has 0 saturated carbocycles. The van der Waals surface area contributed by atoms with E-state index in [2.05, 4.69) is 45.6 Å². The van der Waals surface area contributed by atoms with E-state index in [0.29, 0.717) is 6.04 Å². The van der Waals surface area contributed by atoms with Crippen LogP contribution in [0.5, 0.6) is 0 Å². The Hall–Kier alpha value is -1.07. The van der Waals surface area contributed by atoms with Crippen molar-refractivity contribution in [2.75, 3.05) is 53.9 Å². The zero-order valence-electron chi connectivity index (χ0n) is 14.6. The molecule has 0 aromatic carbocycles. The number of hydrogen-bond donors (Lipinski definition) is 2. The molecule has 1 fully saturated rings. The smallest absolute Gasteiger partial charge is 0.191 e. The minimum absolute atomic E-state index is 0.554. The summed E-state index contributed by atoms with van der Waals surface area (Å²) in [5.74, 6) is 0.929. The second kappa shape index (κ2) is 9.16. The molecule has 0 aromatic rings. The van der Waals surface area contributed by atoms with E-state index in [-0.39, 0.29) is 0 Å². The van der Waals surface area contributed by atoms with Gasteiger partial charge < -0.3 is 15.5 Å². The number of guanidine groups is 1. The molecule has 126 valence electrons. The van der Waals surface area contributed by atoms with Gasteiger partial charge in [0.15, 0.2) is 5.96 Å². The molecule has 0 amide bonds. The first-order valence-corrected chi connectivity index (χ1v) is 8.70. The van der Waals surface area contributed by atoms with Crippen LogP contribution in [0.15, 0.2) is 16.6 Å². The molecule has 2 N–H and O–H groups in total. The average molecular weight is 307 g/mol. The summed E-state index contributed by atoms with van der Waals surface area (Å²) in [6.45, 7) is 5.35. The van der Waals surface area contributed by atoms with Gasteiger partial charge in [-0.2, -0.15) is 0 Å². The summed E-state index contributed by atoms with van der Waals surface area (Å²) in [6, 6.07) is 0.554. The van der Waals surface area contributed by atoms with Crippen LogP contribution in [-0.4, -0.2) is 75.7 Å². The Morgan fingerprint density at radius 1 is 1.27 bits per heavy atom. The van der Waals surface area contributed by atoms with E-state index in [4.69, 9.17) is 0 Å². The summed E-state index contributed by atoms with van der Waals surface area (Å²) in [7, 11) is 6.27. The molecule has 1 atom stereocenters. The normalized spacial score (nSPS) is 25.0. The van der Waals surface area contributed by atoms with Crippen LogP contribution in [0.2, 0.25) is 0 Å². The molecule has 0 radical (unpaired) electrons. The van der Waals surface area contributed by atoms with Crippen molar-refractivity contribution < 1.29 is 0 Å². The number of likely N-dealkylation sites (N-methyl/N-ethyl adjacent to an activating group) is 2. The standard InChI is InChI=1S/C17H33N5/c1-18-17(19-10-9-15-7-5-4-6-8-15)20-13-16-14-21(2)11-12-22(16)3/h7,16H,4-6,8-14H2,1-3H3,(H2,18,19,20). The fourth-order valence-corrected chi connectivity index (χ4v) is 3.23. The largest absolute Gasteiger partial charge is 0.356 e. The lowest BCUT2D eigenvalue weighted by Crippen LogP contribution is -2.55. The van der Waals surface area contributed by atoms with Gasteiger partial charge in [0.25, 0.3) is 0 Å². The molecule has 0 bridgehead atoms. The first kappa shape index (κ1) is 17.3. The zero-order valence-corrected chi connectivity index (χ0v) is 14.6. The molecule has 0 aromatic heterocycles. The molecule has 1 saturated heterocycles. The molecule has 1 heterocycles. The third-order valence-electron chi connectivity index (χ3n) is 4.83. The van der Waals surface area contributed by atoms with Gasteiger partial charge in [-0.05, 0) is 46.2 Å². The van der Waals surface area contributed by atoms with Crippen molar-refractivity contribution in [2.24, 2.45) is 4.99 Å². The number of allylic oxidation sites excluding steroid dienone is 1. The third kappa shape index (κ3) is 5.61. The Morgan fingerprint density at radius 2 is 2.14 bits per heavy atom. The number of rotatable bonds is 5. The van der Waals surface area contributed by atoms with Gasteiger partial charge in [0.05, 0.1) is 0 Å². The van der Waals surface area contributed by atoms with Crippen LogP contribution in [0.4, 0.5) is 0 Å². The van der Waals surface area contributed by atoms with Crippen LogP contribution in [0.3, 0.4) is 0 Å². The number of aliphatic imine (C=N–C) groups is 1. The predicted molar refractivity (Wildman–Crippen MR) is 94.4 cm³/mol. The van der Waals surface area contributed by atoms with E-state index in [9.17, 15) is 0 Å². The molecular weight excluding hydrogens is 274 g/mol. The predicted octanol–water partition coefficient (Wildman–Crippen LogP) is 1.29. The molecule has 5 nitrogen and oxygen atoms in total. The van der Waals surface area contributed by atoms with Gasteiger partial charge in [0.2, 0.25) is 0 Å². The minimum atomic E-state index is 0.554. The number of nitrogens with one attached hydrogen (secondary N) is 2. The zero-order chi connectivity index (χ0) is 15.8. The quantitative estimate of drug-likeness (QED) is 0.456. The fraction of sp³-hybridized carbons (Fsp3) is 0.824. The Morgan fingerprint density at radius 3 is 2.86 bits per heavy atom. The highest BCUT2D eigenvalue weighted by Crippen LogP contribution is 2.19. The van der Waals surface area contributed by atoms with Crippen LogP contribution in [0, 0.1) is 0 Å². The summed E-state index contributed by atoms with van der Waals surface area (Å²) in [4.78, 5) is 9.18. The number of nitrogens with zero attached hydrogens (tertiary/aromatic N) is 3. The van der Waals surface area contributed by atoms with Gasteiger partial charge in [-0.15, -0.1) is 0 Å². The van der Waals surface area contributed by atoms with Gasteiger partial charge in [0.1, 0.15) is 0 Å². The van der Waals surface area contributed by atoms with E-state index in [1.807, 2.05) is 7.05 Å². The number of piperazine rings is 1. The molecule has 0 spiro atoms. The van der Waals surface area contributed by atoms with E-state index in [1.54, 1.807) is 5.57 Å². The van der Waals surface area contributed by atoms with Gasteiger partial charge >= 0.3 is 0 Å². The Bertz CT molecular complexity index is 391. The van der Waals surface area contributed by atoms with E-state index < -0.39 is 0 Å². The molecule has 1 aliphatic heterocycles. The highest BCUT2D eigenvalue weighted by Gasteiger charge is 2.21. The van der Waals surface area contributed by atoms with Crippen LogP contribution in [0.25, 0.3) is 0 Å². The van der Waals surface area contributed by atoms with Crippen molar-refractivity contribution in [2.45, 2.75) is 38.1 Å². The van der Waals surface area contributed by atoms with E-state index in [0.717, 1.165) is 45.1 Å². The molecule has 2 rings (SSSR count). The summed E-state index contributed by atoms with van der Waals surface area (Å²) < 4.78 is 0. The van der Waals surface area contributed by atoms with Gasteiger partial charge in [-0.1, -0.05) is 11.6 Å². The Labute approximate surface area is 135 Å². The average Bonchev–Trinajstić information content (AvgIpc) is 2.54. The molecule has 2 aliphatic rings. The highest BCUT2D eigenvalue weighted by molar-refractivity contribution is 5.79. The SMILES string of the molecule is CN=C(NCCC1=CCCCC1)NCC1CN(C)CCN1C. The van der Waals surface area contributed by atoms with E-state index in [1.165, 1.54) is 25.7 Å². The number of hydrogen-bond acceptors (Lipinski definition) is 3. The summed E-state index contributed by atoms with van der Waals surface area (Å²) in [5.41, 5.74) is 1.61. The fourth-order valence-electron chi connectivity index (χ4n) is 3.23. The molecular formula is C17H33N5. The van der Waals surface area contributed by atoms with Crippen LogP contribution in [-0.2, 0) is 0 Å². The van der Waals surface area contributed by atoms with Crippen LogP contribution < -0.4 is 10.6 Å². The lowest BCUT2D eigenvalue weighted by Gasteiger charge is -2.37. The maximum atomic E-state index is 4.34. The van der Waals surface area contributed by atoms with Crippen molar-refractivity contribution >= 4 is 5.96 Å². The van der Waals surface area contributed by atoms with Crippen LogP contribution in [0.1, 0.15) is 32.1 Å². The van der Waals surface area contributed by atoms with E-state index >= 15 is 0 Å². The lowest BCUT2D eigenvalue weighted by atomic mass is 9.97. The highest BCUT2D eigenvalue weighted by atomic mass is 15.3. The van der Waals surface area contributed by atoms with Crippen molar-refractivity contribution in [1.29, 1.82) is 0 Å². The maximum Gasteiger partial charge on any atom is 0.191 e. The Balaban J connectivity index is 1.67. The van der Waals surface area contributed by atoms with Crippen molar-refractivity contribution in [3.8, 4) is 0 Å². The molecule has 1 aliphatic carbocycles. The maximum absolute atomic E-state index is 4.34. The van der Waals surface area contributed by atoms with Crippen molar-refractivity contribution in [3.63, 3.8) is 0 Å². The van der Waals surface area contributed by atoms with Crippen LogP contribution >= 0.6 is 0 Å². The van der Waals surface area contributed by atoms with Gasteiger partial charge in [-0.3, -0.25) is 9.89 Å². The Kier molecular flexibility index (Phi) is 7.19. The molecule has 5 heteroatoms. The first-order chi connectivity index (χ1) is 10.7. The third-order valence-corrected chi connectivity index (χ3v) is 4.83. The molecule has 1 unspecified atom stereocenters. The summed E-state index contributed by atoms with van der Waals surface area (Å²) in [5, 5.41) is 6.93.